The average molecular weight is 170 g/mol. The van der Waals surface area contributed by atoms with E-state index in [-0.39, 0.29) is 0 Å². The first-order valence-electron chi connectivity index (χ1n) is 4.21. The molecule has 1 heterocycles. The predicted molar refractivity (Wildman–Crippen MR) is 52.5 cm³/mol. The Bertz CT molecular complexity index is 501. The molecule has 0 spiro atoms. The largest absolute Gasteiger partial charge is 0.361 e. The molecule has 0 aliphatic carbocycles. The van der Waals surface area contributed by atoms with Gasteiger partial charge in [0.05, 0.1) is 11.6 Å². The van der Waals surface area contributed by atoms with Crippen molar-refractivity contribution in [3.05, 3.63) is 35.0 Å². The minimum atomic E-state index is 0.768. The topological polar surface area (TPSA) is 39.6 Å². The van der Waals surface area contributed by atoms with Crippen LogP contribution in [-0.4, -0.2) is 4.98 Å². The van der Waals surface area contributed by atoms with Gasteiger partial charge in [-0.2, -0.15) is 5.26 Å². The van der Waals surface area contributed by atoms with Gasteiger partial charge >= 0.3 is 0 Å². The summed E-state index contributed by atoms with van der Waals surface area (Å²) in [6.07, 6.45) is 1.91. The SMILES string of the molecule is Cc1c(C#N)cc(C)c2[nH]ccc12. The van der Waals surface area contributed by atoms with E-state index in [0.29, 0.717) is 0 Å². The summed E-state index contributed by atoms with van der Waals surface area (Å²) in [5.74, 6) is 0. The number of hydrogen-bond donors (Lipinski definition) is 1. The van der Waals surface area contributed by atoms with Gasteiger partial charge in [0.2, 0.25) is 0 Å². The van der Waals surface area contributed by atoms with Crippen molar-refractivity contribution in [2.24, 2.45) is 0 Å². The van der Waals surface area contributed by atoms with Crippen molar-refractivity contribution in [3.8, 4) is 6.07 Å². The lowest BCUT2D eigenvalue weighted by Crippen LogP contribution is -1.86. The Hall–Kier alpha value is -1.75. The van der Waals surface area contributed by atoms with Crippen LogP contribution in [0, 0.1) is 25.2 Å². The van der Waals surface area contributed by atoms with E-state index in [4.69, 9.17) is 5.26 Å². The van der Waals surface area contributed by atoms with Crippen LogP contribution in [0.25, 0.3) is 10.9 Å². The van der Waals surface area contributed by atoms with E-state index in [1.807, 2.05) is 32.2 Å². The van der Waals surface area contributed by atoms with Crippen molar-refractivity contribution >= 4 is 10.9 Å². The molecule has 1 aromatic heterocycles. The maximum Gasteiger partial charge on any atom is 0.0994 e. The molecule has 0 saturated heterocycles. The van der Waals surface area contributed by atoms with Crippen molar-refractivity contribution in [2.45, 2.75) is 13.8 Å². The fourth-order valence-electron chi connectivity index (χ4n) is 1.67. The average Bonchev–Trinajstić information content (AvgIpc) is 2.60. The van der Waals surface area contributed by atoms with Crippen LogP contribution in [0.15, 0.2) is 18.3 Å². The Morgan fingerprint density at radius 2 is 2.15 bits per heavy atom. The molecule has 1 aromatic carbocycles. The molecule has 2 nitrogen and oxygen atoms in total. The Kier molecular flexibility index (Phi) is 1.60. The van der Waals surface area contributed by atoms with Crippen LogP contribution in [0.5, 0.6) is 0 Å². The van der Waals surface area contributed by atoms with E-state index in [9.17, 15) is 0 Å². The number of fused-ring (bicyclic) bond motifs is 1. The number of hydrogen-bond acceptors (Lipinski definition) is 1. The second-order valence-electron chi connectivity index (χ2n) is 3.24. The Morgan fingerprint density at radius 1 is 1.38 bits per heavy atom. The van der Waals surface area contributed by atoms with Gasteiger partial charge in [-0.3, -0.25) is 0 Å². The van der Waals surface area contributed by atoms with Crippen molar-refractivity contribution in [1.82, 2.24) is 4.98 Å². The van der Waals surface area contributed by atoms with E-state index < -0.39 is 0 Å². The first-order valence-corrected chi connectivity index (χ1v) is 4.21. The number of aromatic nitrogens is 1. The molecular weight excluding hydrogens is 160 g/mol. The normalized spacial score (nSPS) is 10.2. The molecule has 2 aromatic rings. The predicted octanol–water partition coefficient (Wildman–Crippen LogP) is 2.66. The molecular formula is C11H10N2. The zero-order valence-corrected chi connectivity index (χ0v) is 7.68. The number of H-pyrrole nitrogens is 1. The summed E-state index contributed by atoms with van der Waals surface area (Å²) in [7, 11) is 0. The molecule has 13 heavy (non-hydrogen) atoms. The van der Waals surface area contributed by atoms with Crippen molar-refractivity contribution in [1.29, 1.82) is 5.26 Å². The fourth-order valence-corrected chi connectivity index (χ4v) is 1.67. The lowest BCUT2D eigenvalue weighted by molar-refractivity contribution is 1.37. The molecule has 0 fully saturated rings. The van der Waals surface area contributed by atoms with Crippen LogP contribution in [0.4, 0.5) is 0 Å². The number of nitriles is 1. The highest BCUT2D eigenvalue weighted by atomic mass is 14.7. The summed E-state index contributed by atoms with van der Waals surface area (Å²) in [5.41, 5.74) is 4.09. The van der Waals surface area contributed by atoms with Gasteiger partial charge < -0.3 is 4.98 Å². The maximum absolute atomic E-state index is 8.88. The Balaban J connectivity index is 2.95. The standard InChI is InChI=1S/C11H10N2/c1-7-5-9(6-12)8(2)10-3-4-13-11(7)10/h3-5,13H,1-2H3. The zero-order chi connectivity index (χ0) is 9.42. The Morgan fingerprint density at radius 3 is 2.85 bits per heavy atom. The molecule has 2 heteroatoms. The third-order valence-electron chi connectivity index (χ3n) is 2.43. The van der Waals surface area contributed by atoms with E-state index >= 15 is 0 Å². The highest BCUT2D eigenvalue weighted by Gasteiger charge is 2.06. The highest BCUT2D eigenvalue weighted by Crippen LogP contribution is 2.23. The van der Waals surface area contributed by atoms with Crippen molar-refractivity contribution in [3.63, 3.8) is 0 Å². The number of nitrogens with one attached hydrogen (secondary N) is 1. The number of rotatable bonds is 0. The molecule has 0 bridgehead atoms. The summed E-state index contributed by atoms with van der Waals surface area (Å²) in [5, 5.41) is 10.0. The summed E-state index contributed by atoms with van der Waals surface area (Å²) in [4.78, 5) is 3.17. The van der Waals surface area contributed by atoms with E-state index in [1.54, 1.807) is 0 Å². The summed E-state index contributed by atoms with van der Waals surface area (Å²) < 4.78 is 0. The second kappa shape index (κ2) is 2.63. The van der Waals surface area contributed by atoms with Gasteiger partial charge in [-0.25, -0.2) is 0 Å². The van der Waals surface area contributed by atoms with E-state index in [1.165, 1.54) is 0 Å². The molecule has 0 atom stereocenters. The van der Waals surface area contributed by atoms with Gasteiger partial charge in [0.25, 0.3) is 0 Å². The molecule has 2 rings (SSSR count). The Labute approximate surface area is 76.8 Å². The summed E-state index contributed by atoms with van der Waals surface area (Å²) in [6.45, 7) is 3.99. The van der Waals surface area contributed by atoms with Gasteiger partial charge in [-0.05, 0) is 37.1 Å². The molecule has 0 aliphatic rings. The van der Waals surface area contributed by atoms with Crippen molar-refractivity contribution in [2.75, 3.05) is 0 Å². The molecule has 0 aliphatic heterocycles. The number of nitrogens with zero attached hydrogens (tertiary/aromatic N) is 1. The van der Waals surface area contributed by atoms with Gasteiger partial charge in [0.15, 0.2) is 0 Å². The minimum absolute atomic E-state index is 0.768. The number of aryl methyl sites for hydroxylation is 2. The smallest absolute Gasteiger partial charge is 0.0994 e. The molecule has 64 valence electrons. The van der Waals surface area contributed by atoms with Crippen LogP contribution in [0.2, 0.25) is 0 Å². The first kappa shape index (κ1) is 7.88. The molecule has 1 N–H and O–H groups in total. The van der Waals surface area contributed by atoms with Crippen molar-refractivity contribution < 1.29 is 0 Å². The molecule has 0 radical (unpaired) electrons. The second-order valence-corrected chi connectivity index (χ2v) is 3.24. The van der Waals surface area contributed by atoms with Crippen LogP contribution < -0.4 is 0 Å². The van der Waals surface area contributed by atoms with Gasteiger partial charge in [0.1, 0.15) is 0 Å². The lowest BCUT2D eigenvalue weighted by Gasteiger charge is -2.02. The summed E-state index contributed by atoms with van der Waals surface area (Å²) in [6, 6.07) is 6.14. The summed E-state index contributed by atoms with van der Waals surface area (Å²) >= 11 is 0. The monoisotopic (exact) mass is 170 g/mol. The minimum Gasteiger partial charge on any atom is -0.361 e. The molecule has 0 amide bonds. The third-order valence-corrected chi connectivity index (χ3v) is 2.43. The number of benzene rings is 1. The van der Waals surface area contributed by atoms with Crippen LogP contribution in [0.1, 0.15) is 16.7 Å². The maximum atomic E-state index is 8.88. The van der Waals surface area contributed by atoms with Crippen LogP contribution in [-0.2, 0) is 0 Å². The fraction of sp³-hybridized carbons (Fsp3) is 0.182. The van der Waals surface area contributed by atoms with Gasteiger partial charge in [0, 0.05) is 17.1 Å². The third kappa shape index (κ3) is 1.01. The lowest BCUT2D eigenvalue weighted by atomic mass is 10.0. The van der Waals surface area contributed by atoms with Gasteiger partial charge in [-0.1, -0.05) is 0 Å². The van der Waals surface area contributed by atoms with Crippen LogP contribution in [0.3, 0.4) is 0 Å². The van der Waals surface area contributed by atoms with E-state index in [0.717, 1.165) is 27.6 Å². The first-order chi connectivity index (χ1) is 6.24. The molecule has 0 saturated carbocycles. The van der Waals surface area contributed by atoms with Crippen LogP contribution >= 0.6 is 0 Å². The van der Waals surface area contributed by atoms with E-state index in [2.05, 4.69) is 11.1 Å². The highest BCUT2D eigenvalue weighted by molar-refractivity contribution is 5.87. The number of aromatic amines is 1. The zero-order valence-electron chi connectivity index (χ0n) is 7.68. The van der Waals surface area contributed by atoms with Gasteiger partial charge in [-0.15, -0.1) is 0 Å². The molecule has 0 unspecified atom stereocenters. The quantitative estimate of drug-likeness (QED) is 0.648.